The Kier molecular flexibility index (Phi) is 3.33. The van der Waals surface area contributed by atoms with Gasteiger partial charge in [0.05, 0.1) is 10.7 Å². The topological polar surface area (TPSA) is 17.0 Å². The van der Waals surface area contributed by atoms with Crippen molar-refractivity contribution >= 4 is 17.3 Å². The van der Waals surface area contributed by atoms with Gasteiger partial charge >= 0.3 is 0 Å². The van der Waals surface area contributed by atoms with Crippen LogP contribution in [0.15, 0.2) is 30.6 Å². The van der Waals surface area contributed by atoms with E-state index in [1.165, 1.54) is 0 Å². The number of halogens is 3. The zero-order chi connectivity index (χ0) is 12.4. The van der Waals surface area contributed by atoms with Crippen LogP contribution >= 0.6 is 11.6 Å². The van der Waals surface area contributed by atoms with Crippen LogP contribution in [0.5, 0.6) is 0 Å². The Labute approximate surface area is 103 Å². The predicted molar refractivity (Wildman–Crippen MR) is 64.1 cm³/mol. The number of nitrogens with zero attached hydrogens (tertiary/aromatic N) is 1. The van der Waals surface area contributed by atoms with Crippen LogP contribution in [-0.4, -0.2) is 4.57 Å². The van der Waals surface area contributed by atoms with Crippen molar-refractivity contribution in [3.63, 3.8) is 0 Å². The first kappa shape index (κ1) is 11.9. The van der Waals surface area contributed by atoms with Crippen molar-refractivity contribution < 1.29 is 8.78 Å². The summed E-state index contributed by atoms with van der Waals surface area (Å²) in [6.45, 7) is 0.434. The average Bonchev–Trinajstić information content (AvgIpc) is 2.62. The first-order valence-corrected chi connectivity index (χ1v) is 5.43. The highest BCUT2D eigenvalue weighted by Crippen LogP contribution is 2.26. The van der Waals surface area contributed by atoms with Crippen molar-refractivity contribution in [1.29, 1.82) is 0 Å². The van der Waals surface area contributed by atoms with E-state index in [-0.39, 0.29) is 10.7 Å². The van der Waals surface area contributed by atoms with E-state index < -0.39 is 11.6 Å². The number of hydrogen-bond acceptors (Lipinski definition) is 1. The summed E-state index contributed by atoms with van der Waals surface area (Å²) in [5, 5.41) is 2.89. The first-order chi connectivity index (χ1) is 8.06. The molecule has 2 rings (SSSR count). The number of benzene rings is 1. The molecule has 0 aliphatic heterocycles. The molecule has 5 heteroatoms. The largest absolute Gasteiger partial charge is 0.377 e. The van der Waals surface area contributed by atoms with Gasteiger partial charge in [-0.3, -0.25) is 0 Å². The van der Waals surface area contributed by atoms with E-state index in [0.29, 0.717) is 6.54 Å². The van der Waals surface area contributed by atoms with E-state index in [4.69, 9.17) is 11.6 Å². The lowest BCUT2D eigenvalue weighted by atomic mass is 10.2. The summed E-state index contributed by atoms with van der Waals surface area (Å²) in [7, 11) is 1.90. The van der Waals surface area contributed by atoms with E-state index in [9.17, 15) is 8.78 Å². The van der Waals surface area contributed by atoms with Gasteiger partial charge in [0.2, 0.25) is 0 Å². The van der Waals surface area contributed by atoms with Gasteiger partial charge in [-0.25, -0.2) is 8.78 Å². The maximum Gasteiger partial charge on any atom is 0.150 e. The summed E-state index contributed by atoms with van der Waals surface area (Å²) >= 11 is 5.76. The van der Waals surface area contributed by atoms with Crippen molar-refractivity contribution in [2.45, 2.75) is 6.54 Å². The molecule has 0 saturated heterocycles. The van der Waals surface area contributed by atoms with Crippen LogP contribution in [0.4, 0.5) is 14.5 Å². The lowest BCUT2D eigenvalue weighted by Crippen LogP contribution is -2.02. The molecule has 90 valence electrons. The first-order valence-electron chi connectivity index (χ1n) is 5.05. The molecule has 1 N–H and O–H groups in total. The van der Waals surface area contributed by atoms with Gasteiger partial charge in [-0.1, -0.05) is 11.6 Å². The monoisotopic (exact) mass is 256 g/mol. The SMILES string of the molecule is Cn1ccc(CNc2c(F)cc(F)cc2Cl)c1. The standard InChI is InChI=1S/C12H11ClF2N2/c1-17-3-2-8(7-17)6-16-12-10(13)4-9(14)5-11(12)15/h2-5,7,16H,6H2,1H3. The Morgan fingerprint density at radius 2 is 2.12 bits per heavy atom. The average molecular weight is 257 g/mol. The molecule has 2 nitrogen and oxygen atoms in total. The van der Waals surface area contributed by atoms with Crippen LogP contribution in [0.3, 0.4) is 0 Å². The minimum Gasteiger partial charge on any atom is -0.377 e. The molecule has 0 amide bonds. The molecule has 0 unspecified atom stereocenters. The van der Waals surface area contributed by atoms with Crippen molar-refractivity contribution in [2.24, 2.45) is 7.05 Å². The second kappa shape index (κ2) is 4.75. The normalized spacial score (nSPS) is 10.6. The number of rotatable bonds is 3. The van der Waals surface area contributed by atoms with E-state index >= 15 is 0 Å². The Balaban J connectivity index is 2.14. The molecule has 0 fully saturated rings. The van der Waals surface area contributed by atoms with Gasteiger partial charge in [0.1, 0.15) is 5.82 Å². The van der Waals surface area contributed by atoms with Gasteiger partial charge < -0.3 is 9.88 Å². The number of aromatic nitrogens is 1. The maximum absolute atomic E-state index is 13.4. The van der Waals surface area contributed by atoms with E-state index in [1.54, 1.807) is 0 Å². The molecule has 1 heterocycles. The second-order valence-corrected chi connectivity index (χ2v) is 4.19. The third kappa shape index (κ3) is 2.77. The second-order valence-electron chi connectivity index (χ2n) is 3.78. The smallest absolute Gasteiger partial charge is 0.150 e. The molecule has 0 saturated carbocycles. The number of anilines is 1. The molecular formula is C12H11ClF2N2. The highest BCUT2D eigenvalue weighted by Gasteiger charge is 2.09. The molecule has 0 spiro atoms. The van der Waals surface area contributed by atoms with Gasteiger partial charge in [0.15, 0.2) is 5.82 Å². The zero-order valence-electron chi connectivity index (χ0n) is 9.17. The Morgan fingerprint density at radius 3 is 2.71 bits per heavy atom. The zero-order valence-corrected chi connectivity index (χ0v) is 9.93. The predicted octanol–water partition coefficient (Wildman–Crippen LogP) is 3.57. The molecule has 1 aromatic heterocycles. The fourth-order valence-electron chi connectivity index (χ4n) is 1.57. The van der Waals surface area contributed by atoms with Crippen LogP contribution in [0, 0.1) is 11.6 Å². The van der Waals surface area contributed by atoms with Crippen molar-refractivity contribution in [2.75, 3.05) is 5.32 Å². The molecule has 0 radical (unpaired) electrons. The molecule has 0 atom stereocenters. The van der Waals surface area contributed by atoms with Gasteiger partial charge in [-0.2, -0.15) is 0 Å². The third-order valence-corrected chi connectivity index (χ3v) is 2.67. The minimum absolute atomic E-state index is 0.0402. The summed E-state index contributed by atoms with van der Waals surface area (Å²) in [5.74, 6) is -1.37. The molecule has 2 aromatic rings. The molecule has 0 aliphatic rings. The van der Waals surface area contributed by atoms with Crippen molar-refractivity contribution in [3.05, 3.63) is 52.8 Å². The maximum atomic E-state index is 13.4. The Morgan fingerprint density at radius 1 is 1.35 bits per heavy atom. The fourth-order valence-corrected chi connectivity index (χ4v) is 1.83. The molecule has 0 bridgehead atoms. The Hall–Kier alpha value is -1.55. The number of hydrogen-bond donors (Lipinski definition) is 1. The van der Waals surface area contributed by atoms with Crippen LogP contribution in [-0.2, 0) is 13.6 Å². The minimum atomic E-state index is -0.689. The van der Waals surface area contributed by atoms with Crippen molar-refractivity contribution in [1.82, 2.24) is 4.57 Å². The van der Waals surface area contributed by atoms with Gasteiger partial charge in [-0.15, -0.1) is 0 Å². The highest BCUT2D eigenvalue weighted by molar-refractivity contribution is 6.33. The van der Waals surface area contributed by atoms with Crippen LogP contribution in [0.25, 0.3) is 0 Å². The van der Waals surface area contributed by atoms with E-state index in [2.05, 4.69) is 5.32 Å². The highest BCUT2D eigenvalue weighted by atomic mass is 35.5. The fraction of sp³-hybridized carbons (Fsp3) is 0.167. The van der Waals surface area contributed by atoms with Gasteiger partial charge in [0, 0.05) is 32.1 Å². The van der Waals surface area contributed by atoms with E-state index in [1.807, 2.05) is 30.1 Å². The van der Waals surface area contributed by atoms with Crippen LogP contribution in [0.1, 0.15) is 5.56 Å². The molecular weight excluding hydrogens is 246 g/mol. The number of nitrogens with one attached hydrogen (secondary N) is 1. The van der Waals surface area contributed by atoms with E-state index in [0.717, 1.165) is 17.7 Å². The van der Waals surface area contributed by atoms with Crippen LogP contribution in [0.2, 0.25) is 5.02 Å². The summed E-state index contributed by atoms with van der Waals surface area (Å²) in [5.41, 5.74) is 1.12. The lowest BCUT2D eigenvalue weighted by molar-refractivity contribution is 0.585. The molecule has 17 heavy (non-hydrogen) atoms. The molecule has 1 aromatic carbocycles. The van der Waals surface area contributed by atoms with Gasteiger partial charge in [-0.05, 0) is 17.7 Å². The molecule has 0 aliphatic carbocycles. The summed E-state index contributed by atoms with van der Waals surface area (Å²) in [6.07, 6.45) is 3.79. The van der Waals surface area contributed by atoms with Gasteiger partial charge in [0.25, 0.3) is 0 Å². The van der Waals surface area contributed by atoms with Crippen LogP contribution < -0.4 is 5.32 Å². The summed E-state index contributed by atoms with van der Waals surface area (Å²) in [4.78, 5) is 0. The van der Waals surface area contributed by atoms with Crippen molar-refractivity contribution in [3.8, 4) is 0 Å². The Bertz CT molecular complexity index is 514. The lowest BCUT2D eigenvalue weighted by Gasteiger charge is -2.08. The quantitative estimate of drug-likeness (QED) is 0.888. The summed E-state index contributed by atoms with van der Waals surface area (Å²) < 4.78 is 28.1. The third-order valence-electron chi connectivity index (χ3n) is 2.37. The summed E-state index contributed by atoms with van der Waals surface area (Å²) in [6, 6.07) is 3.79. The number of aryl methyl sites for hydroxylation is 1.